The zero-order valence-corrected chi connectivity index (χ0v) is 17.7. The summed E-state index contributed by atoms with van der Waals surface area (Å²) in [5.41, 5.74) is 3.87. The van der Waals surface area contributed by atoms with E-state index in [0.717, 1.165) is 42.2 Å². The lowest BCUT2D eigenvalue weighted by molar-refractivity contribution is -0.127. The highest BCUT2D eigenvalue weighted by Gasteiger charge is 2.15. The average molecular weight is 395 g/mol. The zero-order valence-electron chi connectivity index (χ0n) is 17.7. The molecule has 0 aromatic heterocycles. The second-order valence-electron chi connectivity index (χ2n) is 8.11. The number of hydrogen-bond acceptors (Lipinski definition) is 3. The number of amides is 1. The lowest BCUT2D eigenvalue weighted by Crippen LogP contribution is -2.34. The van der Waals surface area contributed by atoms with E-state index < -0.39 is 6.10 Å². The van der Waals surface area contributed by atoms with Gasteiger partial charge in [-0.05, 0) is 55.5 Å². The van der Waals surface area contributed by atoms with Crippen molar-refractivity contribution in [1.29, 1.82) is 0 Å². The van der Waals surface area contributed by atoms with Crippen LogP contribution in [0.3, 0.4) is 0 Å². The van der Waals surface area contributed by atoms with E-state index in [2.05, 4.69) is 16.6 Å². The van der Waals surface area contributed by atoms with Gasteiger partial charge < -0.3 is 4.74 Å². The number of nitrogens with one attached hydrogen (secondary N) is 1. The second-order valence-corrected chi connectivity index (χ2v) is 8.11. The number of nitrogens with zero attached hydrogens (tertiary/aromatic N) is 1. The van der Waals surface area contributed by atoms with E-state index in [-0.39, 0.29) is 5.91 Å². The fourth-order valence-corrected chi connectivity index (χ4v) is 3.86. The Hall–Kier alpha value is -2.36. The third-order valence-corrected chi connectivity index (χ3v) is 5.66. The van der Waals surface area contributed by atoms with Crippen molar-refractivity contribution in [3.05, 3.63) is 42.5 Å². The van der Waals surface area contributed by atoms with Gasteiger partial charge in [0.15, 0.2) is 6.10 Å². The summed E-state index contributed by atoms with van der Waals surface area (Å²) in [6.45, 7) is 1.77. The van der Waals surface area contributed by atoms with E-state index in [0.29, 0.717) is 5.75 Å². The van der Waals surface area contributed by atoms with Gasteiger partial charge in [0.25, 0.3) is 5.91 Å². The first-order valence-corrected chi connectivity index (χ1v) is 11.2. The molecular formula is C25H34N2O2. The molecule has 1 N–H and O–H groups in total. The van der Waals surface area contributed by atoms with Gasteiger partial charge in [-0.3, -0.25) is 4.79 Å². The normalized spacial score (nSPS) is 17.6. The van der Waals surface area contributed by atoms with Crippen LogP contribution in [-0.4, -0.2) is 17.7 Å². The molecular weight excluding hydrogens is 360 g/mol. The molecule has 4 nitrogen and oxygen atoms in total. The highest BCUT2D eigenvalue weighted by molar-refractivity contribution is 5.87. The first-order valence-electron chi connectivity index (χ1n) is 11.2. The number of hydrogen-bond donors (Lipinski definition) is 1. The number of fused-ring (bicyclic) bond motifs is 1. The van der Waals surface area contributed by atoms with Crippen LogP contribution in [0.1, 0.15) is 77.6 Å². The number of benzene rings is 2. The van der Waals surface area contributed by atoms with Crippen molar-refractivity contribution in [3.8, 4) is 5.75 Å². The van der Waals surface area contributed by atoms with E-state index in [1.807, 2.05) is 36.4 Å². The summed E-state index contributed by atoms with van der Waals surface area (Å²) < 4.78 is 5.85. The Morgan fingerprint density at radius 2 is 1.45 bits per heavy atom. The molecule has 3 rings (SSSR count). The van der Waals surface area contributed by atoms with E-state index in [1.54, 1.807) is 6.92 Å². The Morgan fingerprint density at radius 1 is 0.862 bits per heavy atom. The summed E-state index contributed by atoms with van der Waals surface area (Å²) in [5, 5.41) is 6.72. The maximum Gasteiger partial charge on any atom is 0.280 e. The zero-order chi connectivity index (χ0) is 20.3. The molecule has 4 heteroatoms. The van der Waals surface area contributed by atoms with Crippen molar-refractivity contribution >= 4 is 22.4 Å². The van der Waals surface area contributed by atoms with Gasteiger partial charge in [0.2, 0.25) is 0 Å². The van der Waals surface area contributed by atoms with Gasteiger partial charge in [0, 0.05) is 5.71 Å². The Morgan fingerprint density at radius 3 is 2.10 bits per heavy atom. The van der Waals surface area contributed by atoms with Crippen LogP contribution in [0.25, 0.3) is 10.8 Å². The Bertz CT molecular complexity index is 801. The molecule has 2 aromatic carbocycles. The molecule has 156 valence electrons. The smallest absolute Gasteiger partial charge is 0.280 e. The minimum absolute atomic E-state index is 0.197. The van der Waals surface area contributed by atoms with Crippen molar-refractivity contribution in [2.45, 2.75) is 83.7 Å². The summed E-state index contributed by atoms with van der Waals surface area (Å²) in [5.74, 6) is 0.502. The maximum absolute atomic E-state index is 12.5. The van der Waals surface area contributed by atoms with E-state index in [4.69, 9.17) is 4.74 Å². The van der Waals surface area contributed by atoms with Gasteiger partial charge in [-0.2, -0.15) is 5.10 Å². The number of hydrazone groups is 1. The first kappa shape index (κ1) is 21.4. The molecule has 0 heterocycles. The largest absolute Gasteiger partial charge is 0.481 e. The monoisotopic (exact) mass is 394 g/mol. The average Bonchev–Trinajstić information content (AvgIpc) is 2.73. The third-order valence-electron chi connectivity index (χ3n) is 5.66. The fourth-order valence-electron chi connectivity index (χ4n) is 3.86. The lowest BCUT2D eigenvalue weighted by atomic mass is 10.00. The molecule has 2 aromatic rings. The first-order chi connectivity index (χ1) is 14.2. The van der Waals surface area contributed by atoms with Gasteiger partial charge in [0.1, 0.15) is 5.75 Å². The molecule has 1 saturated carbocycles. The molecule has 0 aliphatic heterocycles. The molecule has 1 unspecified atom stereocenters. The molecule has 1 amide bonds. The number of carbonyl (C=O) groups is 1. The SMILES string of the molecule is CC(Oc1ccc2ccccc2c1)C(=O)NN=C1CCCCCCCCCCC1. The standard InChI is InChI=1S/C25H34N2O2/c1-20(29-24-18-17-21-13-11-12-14-22(21)19-24)25(28)27-26-23-15-9-7-5-3-2-4-6-8-10-16-23/h11-14,17-20H,2-10,15-16H2,1H3,(H,27,28). The minimum atomic E-state index is -0.591. The van der Waals surface area contributed by atoms with Crippen LogP contribution in [-0.2, 0) is 4.79 Å². The van der Waals surface area contributed by atoms with Crippen molar-refractivity contribution in [2.75, 3.05) is 0 Å². The Kier molecular flexibility index (Phi) is 8.54. The summed E-state index contributed by atoms with van der Waals surface area (Å²) in [6, 6.07) is 14.0. The third kappa shape index (κ3) is 7.19. The van der Waals surface area contributed by atoms with Gasteiger partial charge in [-0.25, -0.2) is 5.43 Å². The Balaban J connectivity index is 1.53. The summed E-state index contributed by atoms with van der Waals surface area (Å²) in [7, 11) is 0. The quantitative estimate of drug-likeness (QED) is 0.611. The van der Waals surface area contributed by atoms with Crippen molar-refractivity contribution in [1.82, 2.24) is 5.43 Å². The fraction of sp³-hybridized carbons (Fsp3) is 0.520. The van der Waals surface area contributed by atoms with E-state index in [1.165, 1.54) is 44.9 Å². The highest BCUT2D eigenvalue weighted by atomic mass is 16.5. The van der Waals surface area contributed by atoms with Crippen LogP contribution >= 0.6 is 0 Å². The van der Waals surface area contributed by atoms with Crippen LogP contribution in [0.5, 0.6) is 5.75 Å². The second kappa shape index (κ2) is 11.6. The topological polar surface area (TPSA) is 50.7 Å². The molecule has 1 aliphatic rings. The molecule has 0 bridgehead atoms. The van der Waals surface area contributed by atoms with Crippen LogP contribution in [0.15, 0.2) is 47.6 Å². The highest BCUT2D eigenvalue weighted by Crippen LogP contribution is 2.21. The van der Waals surface area contributed by atoms with Gasteiger partial charge in [-0.1, -0.05) is 75.3 Å². The minimum Gasteiger partial charge on any atom is -0.481 e. The van der Waals surface area contributed by atoms with Gasteiger partial charge in [-0.15, -0.1) is 0 Å². The predicted octanol–water partition coefficient (Wildman–Crippen LogP) is 6.38. The molecule has 0 spiro atoms. The van der Waals surface area contributed by atoms with Crippen LogP contribution in [0, 0.1) is 0 Å². The lowest BCUT2D eigenvalue weighted by Gasteiger charge is -2.14. The molecule has 1 atom stereocenters. The van der Waals surface area contributed by atoms with E-state index >= 15 is 0 Å². The van der Waals surface area contributed by atoms with Crippen LogP contribution in [0.2, 0.25) is 0 Å². The predicted molar refractivity (Wildman–Crippen MR) is 120 cm³/mol. The van der Waals surface area contributed by atoms with Crippen LogP contribution < -0.4 is 10.2 Å². The molecule has 29 heavy (non-hydrogen) atoms. The van der Waals surface area contributed by atoms with E-state index in [9.17, 15) is 4.79 Å². The molecule has 0 radical (unpaired) electrons. The maximum atomic E-state index is 12.5. The number of rotatable bonds is 4. The van der Waals surface area contributed by atoms with Crippen molar-refractivity contribution < 1.29 is 9.53 Å². The molecule has 1 aliphatic carbocycles. The Labute approximate surface area is 174 Å². The van der Waals surface area contributed by atoms with Crippen molar-refractivity contribution in [2.24, 2.45) is 5.10 Å². The molecule has 0 saturated heterocycles. The van der Waals surface area contributed by atoms with Gasteiger partial charge >= 0.3 is 0 Å². The summed E-state index contributed by atoms with van der Waals surface area (Å²) >= 11 is 0. The number of carbonyl (C=O) groups excluding carboxylic acids is 1. The van der Waals surface area contributed by atoms with Gasteiger partial charge in [0.05, 0.1) is 0 Å². The van der Waals surface area contributed by atoms with Crippen molar-refractivity contribution in [3.63, 3.8) is 0 Å². The number of ether oxygens (including phenoxy) is 1. The summed E-state index contributed by atoms with van der Waals surface area (Å²) in [6.07, 6.45) is 12.9. The van der Waals surface area contributed by atoms with Crippen LogP contribution in [0.4, 0.5) is 0 Å². The summed E-state index contributed by atoms with van der Waals surface area (Å²) in [4.78, 5) is 12.5. The molecule has 1 fully saturated rings.